The number of hydrogen-bond donors (Lipinski definition) is 2. The van der Waals surface area contributed by atoms with Gasteiger partial charge in [0.05, 0.1) is 0 Å². The lowest BCUT2D eigenvalue weighted by Crippen LogP contribution is -2.48. The highest BCUT2D eigenvalue weighted by molar-refractivity contribution is 5.85. The van der Waals surface area contributed by atoms with E-state index in [1.54, 1.807) is 13.0 Å². The Bertz CT molecular complexity index is 354. The Labute approximate surface area is 81.9 Å². The van der Waals surface area contributed by atoms with Gasteiger partial charge in [-0.15, -0.1) is 0 Å². The predicted molar refractivity (Wildman–Crippen MR) is 51.8 cm³/mol. The van der Waals surface area contributed by atoms with Crippen LogP contribution in [0.5, 0.6) is 0 Å². The fraction of sp³-hybridized carbons (Fsp3) is 0.300. The minimum Gasteiger partial charge on any atom is -0.368 e. The lowest BCUT2D eigenvalue weighted by atomic mass is 9.88. The van der Waals surface area contributed by atoms with Crippen molar-refractivity contribution in [2.75, 3.05) is 0 Å². The largest absolute Gasteiger partial charge is 0.368 e. The molecular formula is C10H13FN2O. The molecule has 0 aliphatic rings. The maximum Gasteiger partial charge on any atom is 0.242 e. The van der Waals surface area contributed by atoms with Gasteiger partial charge < -0.3 is 11.5 Å². The van der Waals surface area contributed by atoms with Crippen molar-refractivity contribution in [3.63, 3.8) is 0 Å². The Morgan fingerprint density at radius 1 is 1.57 bits per heavy atom. The Kier molecular flexibility index (Phi) is 2.86. The Morgan fingerprint density at radius 3 is 2.64 bits per heavy atom. The van der Waals surface area contributed by atoms with Crippen LogP contribution < -0.4 is 11.5 Å². The lowest BCUT2D eigenvalue weighted by molar-refractivity contribution is -0.123. The summed E-state index contributed by atoms with van der Waals surface area (Å²) in [4.78, 5) is 11.1. The summed E-state index contributed by atoms with van der Waals surface area (Å²) in [6, 6.07) is 5.62. The second-order valence-electron chi connectivity index (χ2n) is 3.20. The number of primary amides is 1. The van der Waals surface area contributed by atoms with Crippen LogP contribution in [0.2, 0.25) is 0 Å². The van der Waals surface area contributed by atoms with Gasteiger partial charge in [-0.1, -0.05) is 19.1 Å². The topological polar surface area (TPSA) is 69.1 Å². The number of halogens is 1. The van der Waals surface area contributed by atoms with Gasteiger partial charge in [-0.3, -0.25) is 4.79 Å². The first-order valence-electron chi connectivity index (χ1n) is 4.35. The van der Waals surface area contributed by atoms with Crippen molar-refractivity contribution < 1.29 is 9.18 Å². The zero-order valence-corrected chi connectivity index (χ0v) is 7.96. The van der Waals surface area contributed by atoms with E-state index in [0.717, 1.165) is 0 Å². The van der Waals surface area contributed by atoms with Crippen molar-refractivity contribution >= 4 is 5.91 Å². The minimum absolute atomic E-state index is 0.339. The standard InChI is InChI=1S/C10H13FN2O/c1-2-10(13,9(12)14)7-4-3-5-8(11)6-7/h3-6H,2,13H2,1H3,(H2,12,14). The van der Waals surface area contributed by atoms with E-state index in [1.807, 2.05) is 0 Å². The average molecular weight is 196 g/mol. The van der Waals surface area contributed by atoms with Gasteiger partial charge in [-0.2, -0.15) is 0 Å². The molecule has 0 aromatic heterocycles. The second-order valence-corrected chi connectivity index (χ2v) is 3.20. The van der Waals surface area contributed by atoms with Crippen molar-refractivity contribution in [3.8, 4) is 0 Å². The van der Waals surface area contributed by atoms with Gasteiger partial charge in [0.25, 0.3) is 0 Å². The number of amides is 1. The normalized spacial score (nSPS) is 14.8. The van der Waals surface area contributed by atoms with Gasteiger partial charge in [-0.05, 0) is 24.1 Å². The molecule has 0 aliphatic carbocycles. The van der Waals surface area contributed by atoms with Crippen LogP contribution in [0.1, 0.15) is 18.9 Å². The van der Waals surface area contributed by atoms with E-state index >= 15 is 0 Å². The molecule has 4 N–H and O–H groups in total. The Morgan fingerprint density at radius 2 is 2.21 bits per heavy atom. The van der Waals surface area contributed by atoms with Crippen LogP contribution in [0.15, 0.2) is 24.3 Å². The lowest BCUT2D eigenvalue weighted by Gasteiger charge is -2.24. The molecule has 0 fully saturated rings. The maximum atomic E-state index is 12.9. The van der Waals surface area contributed by atoms with E-state index in [2.05, 4.69) is 0 Å². The summed E-state index contributed by atoms with van der Waals surface area (Å²) in [6.45, 7) is 1.73. The second kappa shape index (κ2) is 3.75. The molecule has 1 aromatic carbocycles. The number of nitrogens with two attached hydrogens (primary N) is 2. The van der Waals surface area contributed by atoms with E-state index < -0.39 is 17.3 Å². The molecule has 76 valence electrons. The zero-order chi connectivity index (χ0) is 10.8. The SMILES string of the molecule is CCC(N)(C(N)=O)c1cccc(F)c1. The number of carbonyl (C=O) groups excluding carboxylic acids is 1. The fourth-order valence-corrected chi connectivity index (χ4v) is 1.29. The van der Waals surface area contributed by atoms with Crippen molar-refractivity contribution in [1.29, 1.82) is 0 Å². The molecule has 4 heteroatoms. The summed E-state index contributed by atoms with van der Waals surface area (Å²) < 4.78 is 12.9. The quantitative estimate of drug-likeness (QED) is 0.753. The van der Waals surface area contributed by atoms with Crippen LogP contribution >= 0.6 is 0 Å². The molecule has 0 aliphatic heterocycles. The van der Waals surface area contributed by atoms with Gasteiger partial charge in [0.15, 0.2) is 0 Å². The zero-order valence-electron chi connectivity index (χ0n) is 7.96. The molecule has 1 unspecified atom stereocenters. The third-order valence-corrected chi connectivity index (χ3v) is 2.34. The van der Waals surface area contributed by atoms with Crippen LogP contribution in [0, 0.1) is 5.82 Å². The summed E-state index contributed by atoms with van der Waals surface area (Å²) in [5.41, 5.74) is 10.1. The smallest absolute Gasteiger partial charge is 0.242 e. The molecule has 0 heterocycles. The predicted octanol–water partition coefficient (Wildman–Crippen LogP) is 0.875. The first-order chi connectivity index (χ1) is 6.50. The molecule has 0 saturated heterocycles. The molecule has 1 aromatic rings. The highest BCUT2D eigenvalue weighted by Gasteiger charge is 2.31. The van der Waals surface area contributed by atoms with E-state index in [0.29, 0.717) is 12.0 Å². The van der Waals surface area contributed by atoms with Crippen molar-refractivity contribution in [2.24, 2.45) is 11.5 Å². The Hall–Kier alpha value is -1.42. The monoisotopic (exact) mass is 196 g/mol. The van der Waals surface area contributed by atoms with Gasteiger partial charge in [-0.25, -0.2) is 4.39 Å². The molecule has 0 bridgehead atoms. The molecule has 0 radical (unpaired) electrons. The molecule has 14 heavy (non-hydrogen) atoms. The molecule has 1 amide bonds. The summed E-state index contributed by atoms with van der Waals surface area (Å²) in [7, 11) is 0. The van der Waals surface area contributed by atoms with Crippen LogP contribution in [0.3, 0.4) is 0 Å². The van der Waals surface area contributed by atoms with Gasteiger partial charge in [0, 0.05) is 0 Å². The highest BCUT2D eigenvalue weighted by atomic mass is 19.1. The number of benzene rings is 1. The summed E-state index contributed by atoms with van der Waals surface area (Å²) in [5.74, 6) is -1.07. The van der Waals surface area contributed by atoms with Crippen LogP contribution in [0.25, 0.3) is 0 Å². The fourth-order valence-electron chi connectivity index (χ4n) is 1.29. The number of hydrogen-bond acceptors (Lipinski definition) is 2. The summed E-state index contributed by atoms with van der Waals surface area (Å²) >= 11 is 0. The third-order valence-electron chi connectivity index (χ3n) is 2.34. The molecular weight excluding hydrogens is 183 g/mol. The molecule has 3 nitrogen and oxygen atoms in total. The van der Waals surface area contributed by atoms with E-state index in [4.69, 9.17) is 11.5 Å². The summed E-state index contributed by atoms with van der Waals surface area (Å²) in [6.07, 6.45) is 0.339. The molecule has 1 rings (SSSR count). The minimum atomic E-state index is -1.28. The van der Waals surface area contributed by atoms with Crippen molar-refractivity contribution in [2.45, 2.75) is 18.9 Å². The van der Waals surface area contributed by atoms with E-state index in [9.17, 15) is 9.18 Å². The Balaban J connectivity index is 3.19. The average Bonchev–Trinajstić information content (AvgIpc) is 2.16. The highest BCUT2D eigenvalue weighted by Crippen LogP contribution is 2.22. The van der Waals surface area contributed by atoms with E-state index in [1.165, 1.54) is 18.2 Å². The first kappa shape index (κ1) is 10.7. The third kappa shape index (κ3) is 1.75. The summed E-state index contributed by atoms with van der Waals surface area (Å²) in [5, 5.41) is 0. The van der Waals surface area contributed by atoms with Crippen molar-refractivity contribution in [1.82, 2.24) is 0 Å². The van der Waals surface area contributed by atoms with Gasteiger partial charge in [0.2, 0.25) is 5.91 Å². The first-order valence-corrected chi connectivity index (χ1v) is 4.35. The molecule has 0 saturated carbocycles. The van der Waals surface area contributed by atoms with Crippen LogP contribution in [0.4, 0.5) is 4.39 Å². The van der Waals surface area contributed by atoms with Gasteiger partial charge in [0.1, 0.15) is 11.4 Å². The van der Waals surface area contributed by atoms with E-state index in [-0.39, 0.29) is 0 Å². The number of rotatable bonds is 3. The maximum absolute atomic E-state index is 12.9. The molecule has 0 spiro atoms. The molecule has 1 atom stereocenters. The van der Waals surface area contributed by atoms with Crippen molar-refractivity contribution in [3.05, 3.63) is 35.6 Å². The van der Waals surface area contributed by atoms with Crippen LogP contribution in [-0.2, 0) is 10.3 Å². The number of carbonyl (C=O) groups is 1. The van der Waals surface area contributed by atoms with Gasteiger partial charge >= 0.3 is 0 Å². The van der Waals surface area contributed by atoms with Crippen LogP contribution in [-0.4, -0.2) is 5.91 Å².